The Bertz CT molecular complexity index is 654. The third-order valence-corrected chi connectivity index (χ3v) is 4.54. The summed E-state index contributed by atoms with van der Waals surface area (Å²) in [7, 11) is 0. The molecule has 1 aliphatic carbocycles. The van der Waals surface area contributed by atoms with Gasteiger partial charge in [-0.25, -0.2) is 0 Å². The summed E-state index contributed by atoms with van der Waals surface area (Å²) in [6.07, 6.45) is 6.16. The zero-order valence-electron chi connectivity index (χ0n) is 13.2. The Kier molecular flexibility index (Phi) is 4.27. The van der Waals surface area contributed by atoms with E-state index in [9.17, 15) is 4.79 Å². The van der Waals surface area contributed by atoms with Crippen molar-refractivity contribution in [1.29, 1.82) is 0 Å². The van der Waals surface area contributed by atoms with Gasteiger partial charge in [-0.05, 0) is 44.6 Å². The third kappa shape index (κ3) is 3.21. The molecule has 3 rings (SSSR count). The maximum atomic E-state index is 12.6. The van der Waals surface area contributed by atoms with Crippen LogP contribution in [0.25, 0.3) is 11.3 Å². The molecule has 1 aromatic carbocycles. The fourth-order valence-corrected chi connectivity index (χ4v) is 3.15. The lowest BCUT2D eigenvalue weighted by Gasteiger charge is -2.26. The lowest BCUT2D eigenvalue weighted by Crippen LogP contribution is -2.37. The molecule has 0 aliphatic heterocycles. The monoisotopic (exact) mass is 297 g/mol. The summed E-state index contributed by atoms with van der Waals surface area (Å²) < 4.78 is 0. The Balaban J connectivity index is 1.75. The number of nitrogens with one attached hydrogen (secondary N) is 2. The van der Waals surface area contributed by atoms with Crippen molar-refractivity contribution >= 4 is 5.91 Å². The smallest absolute Gasteiger partial charge is 0.255 e. The first-order chi connectivity index (χ1) is 10.6. The van der Waals surface area contributed by atoms with Crippen molar-refractivity contribution < 1.29 is 4.79 Å². The zero-order chi connectivity index (χ0) is 15.5. The summed E-state index contributed by atoms with van der Waals surface area (Å²) >= 11 is 0. The quantitative estimate of drug-likeness (QED) is 0.907. The zero-order valence-corrected chi connectivity index (χ0v) is 13.2. The first kappa shape index (κ1) is 14.8. The number of carbonyl (C=O) groups excluding carboxylic acids is 1. The first-order valence-corrected chi connectivity index (χ1v) is 8.04. The minimum atomic E-state index is -0.0233. The van der Waals surface area contributed by atoms with Crippen LogP contribution in [0.3, 0.4) is 0 Å². The topological polar surface area (TPSA) is 57.8 Å². The molecule has 0 unspecified atom stereocenters. The fraction of sp³-hybridized carbons (Fsp3) is 0.444. The molecule has 1 heterocycles. The predicted octanol–water partition coefficient (Wildman–Crippen LogP) is 3.69. The number of H-pyrrole nitrogens is 1. The van der Waals surface area contributed by atoms with E-state index < -0.39 is 0 Å². The van der Waals surface area contributed by atoms with E-state index in [1.54, 1.807) is 6.20 Å². The van der Waals surface area contributed by atoms with Crippen molar-refractivity contribution in [3.63, 3.8) is 0 Å². The van der Waals surface area contributed by atoms with Crippen LogP contribution in [0.15, 0.2) is 30.5 Å². The van der Waals surface area contributed by atoms with Gasteiger partial charge in [-0.15, -0.1) is 0 Å². The highest BCUT2D eigenvalue weighted by Crippen LogP contribution is 2.25. The number of benzene rings is 1. The average molecular weight is 297 g/mol. The van der Waals surface area contributed by atoms with Crippen LogP contribution in [0.2, 0.25) is 0 Å². The summed E-state index contributed by atoms with van der Waals surface area (Å²) in [6.45, 7) is 4.33. The summed E-state index contributed by atoms with van der Waals surface area (Å²) in [5.41, 5.74) is 3.59. The van der Waals surface area contributed by atoms with Crippen LogP contribution in [-0.4, -0.2) is 22.1 Å². The molecule has 1 aliphatic rings. The molecule has 22 heavy (non-hydrogen) atoms. The van der Waals surface area contributed by atoms with E-state index in [0.717, 1.165) is 30.0 Å². The molecular formula is C18H23N3O. The molecule has 1 fully saturated rings. The number of carbonyl (C=O) groups is 1. The Morgan fingerprint density at radius 1 is 1.27 bits per heavy atom. The lowest BCUT2D eigenvalue weighted by molar-refractivity contribution is 0.0923. The maximum absolute atomic E-state index is 12.6. The molecule has 0 spiro atoms. The molecule has 1 aromatic heterocycles. The van der Waals surface area contributed by atoms with E-state index in [1.807, 2.05) is 25.1 Å². The standard InChI is InChI=1S/C18H23N3O/c1-12-6-8-15(9-7-12)20-18(22)16-11-19-21-17(16)14-5-3-4-13(2)10-14/h3-5,10-12,15H,6-9H2,1-2H3,(H,19,21)(H,20,22). The van der Waals surface area contributed by atoms with Crippen molar-refractivity contribution in [2.45, 2.75) is 45.6 Å². The molecule has 116 valence electrons. The Hall–Kier alpha value is -2.10. The van der Waals surface area contributed by atoms with Gasteiger partial charge in [0, 0.05) is 11.6 Å². The van der Waals surface area contributed by atoms with Gasteiger partial charge < -0.3 is 5.32 Å². The van der Waals surface area contributed by atoms with Gasteiger partial charge in [0.2, 0.25) is 0 Å². The molecule has 2 aromatic rings. The number of hydrogen-bond acceptors (Lipinski definition) is 2. The fourth-order valence-electron chi connectivity index (χ4n) is 3.15. The number of amides is 1. The summed E-state index contributed by atoms with van der Waals surface area (Å²) in [6, 6.07) is 8.40. The largest absolute Gasteiger partial charge is 0.349 e. The highest BCUT2D eigenvalue weighted by Gasteiger charge is 2.22. The number of aromatic nitrogens is 2. The Morgan fingerprint density at radius 2 is 2.05 bits per heavy atom. The molecule has 2 N–H and O–H groups in total. The Labute approximate surface area is 131 Å². The molecule has 4 heteroatoms. The van der Waals surface area contributed by atoms with E-state index in [-0.39, 0.29) is 5.91 Å². The number of nitrogens with zero attached hydrogens (tertiary/aromatic N) is 1. The number of aryl methyl sites for hydroxylation is 1. The van der Waals surface area contributed by atoms with Gasteiger partial charge >= 0.3 is 0 Å². The summed E-state index contributed by atoms with van der Waals surface area (Å²) in [5, 5.41) is 10.2. The third-order valence-electron chi connectivity index (χ3n) is 4.54. The number of rotatable bonds is 3. The minimum Gasteiger partial charge on any atom is -0.349 e. The molecule has 0 saturated heterocycles. The highest BCUT2D eigenvalue weighted by atomic mass is 16.1. The van der Waals surface area contributed by atoms with Crippen LogP contribution in [0.5, 0.6) is 0 Å². The van der Waals surface area contributed by atoms with Crippen LogP contribution >= 0.6 is 0 Å². The second-order valence-electron chi connectivity index (χ2n) is 6.46. The predicted molar refractivity (Wildman–Crippen MR) is 87.6 cm³/mol. The molecule has 1 amide bonds. The first-order valence-electron chi connectivity index (χ1n) is 8.04. The van der Waals surface area contributed by atoms with Gasteiger partial charge in [-0.1, -0.05) is 30.7 Å². The SMILES string of the molecule is Cc1cccc(-c2[nH]ncc2C(=O)NC2CCC(C)CC2)c1. The van der Waals surface area contributed by atoms with Crippen LogP contribution < -0.4 is 5.32 Å². The molecule has 4 nitrogen and oxygen atoms in total. The van der Waals surface area contributed by atoms with Crippen LogP contribution in [-0.2, 0) is 0 Å². The van der Waals surface area contributed by atoms with Crippen LogP contribution in [0.1, 0.15) is 48.5 Å². The average Bonchev–Trinajstić information content (AvgIpc) is 2.99. The van der Waals surface area contributed by atoms with Crippen molar-refractivity contribution in [3.8, 4) is 11.3 Å². The number of aromatic amines is 1. The van der Waals surface area contributed by atoms with Gasteiger partial charge in [0.15, 0.2) is 0 Å². The summed E-state index contributed by atoms with van der Waals surface area (Å²) in [4.78, 5) is 12.6. The van der Waals surface area contributed by atoms with E-state index in [1.165, 1.54) is 18.4 Å². The normalized spacial score (nSPS) is 21.5. The van der Waals surface area contributed by atoms with Crippen molar-refractivity contribution in [2.24, 2.45) is 5.92 Å². The molecular weight excluding hydrogens is 274 g/mol. The second kappa shape index (κ2) is 6.34. The van der Waals surface area contributed by atoms with Gasteiger partial charge in [-0.3, -0.25) is 9.89 Å². The Morgan fingerprint density at radius 3 is 2.77 bits per heavy atom. The molecule has 0 radical (unpaired) electrons. The van der Waals surface area contributed by atoms with E-state index in [0.29, 0.717) is 11.6 Å². The van der Waals surface area contributed by atoms with Crippen molar-refractivity contribution in [1.82, 2.24) is 15.5 Å². The van der Waals surface area contributed by atoms with Crippen molar-refractivity contribution in [3.05, 3.63) is 41.6 Å². The highest BCUT2D eigenvalue weighted by molar-refractivity contribution is 5.99. The second-order valence-corrected chi connectivity index (χ2v) is 6.46. The van der Waals surface area contributed by atoms with Gasteiger partial charge in [0.05, 0.1) is 17.5 Å². The molecule has 1 saturated carbocycles. The van der Waals surface area contributed by atoms with E-state index in [2.05, 4.69) is 28.5 Å². The summed E-state index contributed by atoms with van der Waals surface area (Å²) in [5.74, 6) is 0.759. The van der Waals surface area contributed by atoms with Gasteiger partial charge in [-0.2, -0.15) is 5.10 Å². The number of hydrogen-bond donors (Lipinski definition) is 2. The molecule has 0 atom stereocenters. The maximum Gasteiger partial charge on any atom is 0.255 e. The van der Waals surface area contributed by atoms with Crippen molar-refractivity contribution in [2.75, 3.05) is 0 Å². The van der Waals surface area contributed by atoms with E-state index in [4.69, 9.17) is 0 Å². The van der Waals surface area contributed by atoms with E-state index >= 15 is 0 Å². The van der Waals surface area contributed by atoms with Crippen LogP contribution in [0.4, 0.5) is 0 Å². The van der Waals surface area contributed by atoms with Gasteiger partial charge in [0.25, 0.3) is 5.91 Å². The lowest BCUT2D eigenvalue weighted by atomic mass is 9.87. The van der Waals surface area contributed by atoms with Crippen LogP contribution in [0, 0.1) is 12.8 Å². The van der Waals surface area contributed by atoms with Gasteiger partial charge in [0.1, 0.15) is 0 Å². The molecule has 0 bridgehead atoms. The minimum absolute atomic E-state index is 0.0233.